The lowest BCUT2D eigenvalue weighted by Gasteiger charge is -2.30. The molecule has 3 aromatic rings. The maximum atomic E-state index is 13.6. The van der Waals surface area contributed by atoms with Crippen molar-refractivity contribution in [2.45, 2.75) is 50.8 Å². The smallest absolute Gasteiger partial charge is 0.217 e. The molecular formula is C26H30F2N4O2. The molecule has 3 N–H and O–H groups in total. The highest BCUT2D eigenvalue weighted by Crippen LogP contribution is 2.33. The molecule has 1 aliphatic rings. The molecule has 0 saturated heterocycles. The number of aromatic nitrogens is 2. The Hall–Kier alpha value is -3.10. The van der Waals surface area contributed by atoms with Crippen molar-refractivity contribution in [3.05, 3.63) is 77.1 Å². The fourth-order valence-electron chi connectivity index (χ4n) is 4.73. The van der Waals surface area contributed by atoms with Crippen molar-refractivity contribution in [3.8, 4) is 11.4 Å². The maximum Gasteiger partial charge on any atom is 0.217 e. The number of aliphatic hydroxyl groups is 1. The summed E-state index contributed by atoms with van der Waals surface area (Å²) in [6, 6.07) is 8.97. The highest BCUT2D eigenvalue weighted by molar-refractivity contribution is 5.73. The minimum Gasteiger partial charge on any atom is -0.390 e. The van der Waals surface area contributed by atoms with Gasteiger partial charge in [-0.25, -0.2) is 13.8 Å². The minimum atomic E-state index is -0.946. The summed E-state index contributed by atoms with van der Waals surface area (Å²) in [6.07, 6.45) is 5.79. The topological polar surface area (TPSA) is 79.2 Å². The number of rotatable bonds is 8. The largest absolute Gasteiger partial charge is 0.390 e. The quantitative estimate of drug-likeness (QED) is 0.473. The molecule has 0 saturated carbocycles. The number of carbonyl (C=O) groups excluding carboxylic acids is 1. The molecule has 0 radical (unpaired) electrons. The average Bonchev–Trinajstić information content (AvgIpc) is 3.21. The first-order valence-electron chi connectivity index (χ1n) is 11.5. The van der Waals surface area contributed by atoms with Gasteiger partial charge in [-0.05, 0) is 60.6 Å². The van der Waals surface area contributed by atoms with Crippen LogP contribution in [0.4, 0.5) is 8.78 Å². The molecular weight excluding hydrogens is 438 g/mol. The lowest BCUT2D eigenvalue weighted by Crippen LogP contribution is -2.48. The third-order valence-corrected chi connectivity index (χ3v) is 6.34. The van der Waals surface area contributed by atoms with Crippen molar-refractivity contribution in [1.82, 2.24) is 20.2 Å². The molecule has 180 valence electrons. The van der Waals surface area contributed by atoms with Crippen LogP contribution < -0.4 is 10.6 Å². The number of nitrogens with zero attached hydrogens (tertiary/aromatic N) is 2. The van der Waals surface area contributed by atoms with Gasteiger partial charge >= 0.3 is 0 Å². The maximum absolute atomic E-state index is 13.6. The molecule has 1 amide bonds. The normalized spacial score (nSPS) is 17.1. The summed E-state index contributed by atoms with van der Waals surface area (Å²) in [5, 5.41) is 17.1. The van der Waals surface area contributed by atoms with E-state index in [2.05, 4.69) is 33.8 Å². The van der Waals surface area contributed by atoms with Crippen molar-refractivity contribution in [1.29, 1.82) is 0 Å². The molecule has 1 unspecified atom stereocenters. The van der Waals surface area contributed by atoms with E-state index < -0.39 is 23.8 Å². The summed E-state index contributed by atoms with van der Waals surface area (Å²) in [5.74, 6) is -0.804. The number of amides is 1. The Labute approximate surface area is 198 Å². The van der Waals surface area contributed by atoms with Gasteiger partial charge in [0, 0.05) is 50.6 Å². The number of hydrogen-bond donors (Lipinski definition) is 3. The Morgan fingerprint density at radius 3 is 2.68 bits per heavy atom. The van der Waals surface area contributed by atoms with E-state index in [1.807, 2.05) is 17.8 Å². The molecule has 34 heavy (non-hydrogen) atoms. The monoisotopic (exact) mass is 468 g/mol. The number of carbonyl (C=O) groups is 1. The first-order valence-corrected chi connectivity index (χ1v) is 11.5. The molecule has 2 aromatic carbocycles. The molecule has 1 aromatic heterocycles. The van der Waals surface area contributed by atoms with Crippen LogP contribution in [0.3, 0.4) is 0 Å². The van der Waals surface area contributed by atoms with E-state index in [1.54, 1.807) is 6.20 Å². The molecule has 4 rings (SSSR count). The van der Waals surface area contributed by atoms with Crippen molar-refractivity contribution >= 4 is 5.91 Å². The SMILES string of the molecule is CC(=O)N[C@@H](Cc1cc(F)cc(F)c1)[C@@H](O)CNC1CCCc2ccc(-c3nccn3C)cc21. The number of halogens is 2. The van der Waals surface area contributed by atoms with Crippen LogP contribution in [0.1, 0.15) is 42.5 Å². The molecule has 3 atom stereocenters. The number of hydrogen-bond acceptors (Lipinski definition) is 4. The second kappa shape index (κ2) is 10.4. The van der Waals surface area contributed by atoms with Gasteiger partial charge in [0.2, 0.25) is 5.91 Å². The highest BCUT2D eigenvalue weighted by Gasteiger charge is 2.25. The number of aryl methyl sites for hydroxylation is 2. The van der Waals surface area contributed by atoms with Crippen LogP contribution in [0, 0.1) is 11.6 Å². The van der Waals surface area contributed by atoms with Gasteiger partial charge in [0.25, 0.3) is 0 Å². The fourth-order valence-corrected chi connectivity index (χ4v) is 4.73. The van der Waals surface area contributed by atoms with Crippen LogP contribution in [-0.4, -0.2) is 39.3 Å². The second-order valence-electron chi connectivity index (χ2n) is 8.98. The van der Waals surface area contributed by atoms with Crippen LogP contribution in [0.25, 0.3) is 11.4 Å². The van der Waals surface area contributed by atoms with E-state index in [4.69, 9.17) is 0 Å². The molecule has 8 heteroatoms. The Morgan fingerprint density at radius 1 is 1.24 bits per heavy atom. The number of imidazole rings is 1. The zero-order valence-electron chi connectivity index (χ0n) is 19.4. The molecule has 0 spiro atoms. The summed E-state index contributed by atoms with van der Waals surface area (Å²) in [6.45, 7) is 1.58. The average molecular weight is 469 g/mol. The zero-order valence-corrected chi connectivity index (χ0v) is 19.4. The second-order valence-corrected chi connectivity index (χ2v) is 8.98. The molecule has 0 fully saturated rings. The van der Waals surface area contributed by atoms with Gasteiger partial charge in [0.15, 0.2) is 0 Å². The molecule has 1 heterocycles. The first-order chi connectivity index (χ1) is 16.3. The van der Waals surface area contributed by atoms with E-state index in [0.717, 1.165) is 36.7 Å². The minimum absolute atomic E-state index is 0.0446. The van der Waals surface area contributed by atoms with Crippen molar-refractivity contribution in [2.24, 2.45) is 7.05 Å². The van der Waals surface area contributed by atoms with E-state index in [-0.39, 0.29) is 24.9 Å². The summed E-state index contributed by atoms with van der Waals surface area (Å²) in [5.41, 5.74) is 3.86. The van der Waals surface area contributed by atoms with Crippen LogP contribution in [0.2, 0.25) is 0 Å². The van der Waals surface area contributed by atoms with Gasteiger partial charge < -0.3 is 20.3 Å². The van der Waals surface area contributed by atoms with Crippen molar-refractivity contribution < 1.29 is 18.7 Å². The van der Waals surface area contributed by atoms with Gasteiger partial charge in [-0.15, -0.1) is 0 Å². The Morgan fingerprint density at radius 2 is 2.00 bits per heavy atom. The number of nitrogens with one attached hydrogen (secondary N) is 2. The van der Waals surface area contributed by atoms with Crippen LogP contribution in [0.5, 0.6) is 0 Å². The summed E-state index contributed by atoms with van der Waals surface area (Å²) >= 11 is 0. The fraction of sp³-hybridized carbons (Fsp3) is 0.385. The summed E-state index contributed by atoms with van der Waals surface area (Å²) in [7, 11) is 1.96. The van der Waals surface area contributed by atoms with E-state index >= 15 is 0 Å². The molecule has 0 aliphatic heterocycles. The lowest BCUT2D eigenvalue weighted by atomic mass is 9.86. The molecule has 6 nitrogen and oxygen atoms in total. The summed E-state index contributed by atoms with van der Waals surface area (Å²) in [4.78, 5) is 16.2. The van der Waals surface area contributed by atoms with Gasteiger partial charge in [-0.3, -0.25) is 4.79 Å². The Kier molecular flexibility index (Phi) is 7.38. The van der Waals surface area contributed by atoms with Gasteiger partial charge in [0.05, 0.1) is 12.1 Å². The Balaban J connectivity index is 1.48. The third kappa shape index (κ3) is 5.69. The Bertz CT molecular complexity index is 1140. The van der Waals surface area contributed by atoms with Crippen LogP contribution in [0.15, 0.2) is 48.8 Å². The van der Waals surface area contributed by atoms with E-state index in [9.17, 15) is 18.7 Å². The van der Waals surface area contributed by atoms with E-state index in [0.29, 0.717) is 5.56 Å². The predicted molar refractivity (Wildman–Crippen MR) is 126 cm³/mol. The predicted octanol–water partition coefficient (Wildman–Crippen LogP) is 3.44. The number of fused-ring (bicyclic) bond motifs is 1. The van der Waals surface area contributed by atoms with Crippen molar-refractivity contribution in [3.63, 3.8) is 0 Å². The lowest BCUT2D eigenvalue weighted by molar-refractivity contribution is -0.120. The van der Waals surface area contributed by atoms with Crippen molar-refractivity contribution in [2.75, 3.05) is 6.54 Å². The molecule has 1 aliphatic carbocycles. The first kappa shape index (κ1) is 24.0. The zero-order chi connectivity index (χ0) is 24.2. The standard InChI is InChI=1S/C26H30F2N4O2/c1-16(33)31-24(12-17-10-20(27)14-21(28)11-17)25(34)15-30-23-5-3-4-18-6-7-19(13-22(18)23)26-29-8-9-32(26)2/h6-11,13-14,23-25,30,34H,3-5,12,15H2,1-2H3,(H,31,33)/t23?,24-,25-/m0/s1. The van der Waals surface area contributed by atoms with Gasteiger partial charge in [-0.1, -0.05) is 12.1 Å². The highest BCUT2D eigenvalue weighted by atomic mass is 19.1. The molecule has 0 bridgehead atoms. The number of benzene rings is 2. The number of aliphatic hydroxyl groups excluding tert-OH is 1. The van der Waals surface area contributed by atoms with Gasteiger partial charge in [-0.2, -0.15) is 0 Å². The van der Waals surface area contributed by atoms with Crippen LogP contribution >= 0.6 is 0 Å². The van der Waals surface area contributed by atoms with Crippen LogP contribution in [-0.2, 0) is 24.7 Å². The van der Waals surface area contributed by atoms with Gasteiger partial charge in [0.1, 0.15) is 17.5 Å². The summed E-state index contributed by atoms with van der Waals surface area (Å²) < 4.78 is 29.2. The van der Waals surface area contributed by atoms with E-state index in [1.165, 1.54) is 30.2 Å². The third-order valence-electron chi connectivity index (χ3n) is 6.34.